The van der Waals surface area contributed by atoms with E-state index in [1.165, 1.54) is 42.5 Å². The number of hydrogen-bond donors (Lipinski definition) is 1. The number of non-ortho nitro benzene ring substituents is 1. The van der Waals surface area contributed by atoms with E-state index in [0.717, 1.165) is 6.07 Å². The highest BCUT2D eigenvalue weighted by atomic mass is 32.2. The molecule has 3 rings (SSSR count). The maximum atomic E-state index is 12.3. The first-order chi connectivity index (χ1) is 13.8. The zero-order chi connectivity index (χ0) is 20.9. The molecule has 148 valence electrons. The Balaban J connectivity index is 1.67. The lowest BCUT2D eigenvalue weighted by Gasteiger charge is -2.08. The summed E-state index contributed by atoms with van der Waals surface area (Å²) in [6.07, 6.45) is 1.62. The molecule has 1 aromatic heterocycles. The third kappa shape index (κ3) is 5.14. The Morgan fingerprint density at radius 1 is 1.07 bits per heavy atom. The van der Waals surface area contributed by atoms with Gasteiger partial charge < -0.3 is 9.50 Å². The summed E-state index contributed by atoms with van der Waals surface area (Å²) in [7, 11) is -4.26. The molecule has 0 bridgehead atoms. The highest BCUT2D eigenvalue weighted by Gasteiger charge is 2.20. The third-order valence-electron chi connectivity index (χ3n) is 3.80. The fraction of sp³-hybridized carbons (Fsp3) is 0.0526. The van der Waals surface area contributed by atoms with E-state index < -0.39 is 15.0 Å². The number of nitro benzene ring substituents is 1. The molecule has 2 aromatic carbocycles. The van der Waals surface area contributed by atoms with Gasteiger partial charge in [-0.05, 0) is 42.5 Å². The van der Waals surface area contributed by atoms with Crippen molar-refractivity contribution < 1.29 is 22.3 Å². The number of rotatable bonds is 7. The Bertz CT molecular complexity index is 1130. The molecule has 1 heterocycles. The third-order valence-corrected chi connectivity index (χ3v) is 5.04. The largest absolute Gasteiger partial charge is 0.379 e. The smallest absolute Gasteiger partial charge is 0.339 e. The molecule has 9 nitrogen and oxygen atoms in total. The van der Waals surface area contributed by atoms with Crippen molar-refractivity contribution in [3.63, 3.8) is 0 Å². The zero-order valence-electron chi connectivity index (χ0n) is 14.9. The lowest BCUT2D eigenvalue weighted by molar-refractivity contribution is -0.385. The molecule has 0 aliphatic rings. The van der Waals surface area contributed by atoms with Crippen LogP contribution in [0.15, 0.2) is 77.8 Å². The molecular formula is C19H15N3O6S. The van der Waals surface area contributed by atoms with Crippen LogP contribution in [-0.2, 0) is 16.7 Å². The first kappa shape index (κ1) is 20.0. The SMILES string of the molecule is O=C(NCc1ccccn1)c1ccc(OS(=O)(=O)c2cccc([N+](=O)[O-])c2)cc1. The number of nitrogens with zero attached hydrogens (tertiary/aromatic N) is 2. The molecule has 0 aliphatic heterocycles. The summed E-state index contributed by atoms with van der Waals surface area (Å²) >= 11 is 0. The zero-order valence-corrected chi connectivity index (χ0v) is 15.7. The predicted octanol–water partition coefficient (Wildman–Crippen LogP) is 2.69. The van der Waals surface area contributed by atoms with Gasteiger partial charge in [0.05, 0.1) is 17.2 Å². The summed E-state index contributed by atoms with van der Waals surface area (Å²) in [5.74, 6) is -0.387. The van der Waals surface area contributed by atoms with E-state index in [1.54, 1.807) is 18.3 Å². The van der Waals surface area contributed by atoms with E-state index in [9.17, 15) is 23.3 Å². The van der Waals surface area contributed by atoms with Gasteiger partial charge in [-0.25, -0.2) is 0 Å². The van der Waals surface area contributed by atoms with Crippen LogP contribution in [0.3, 0.4) is 0 Å². The van der Waals surface area contributed by atoms with Crippen LogP contribution in [0.25, 0.3) is 0 Å². The molecule has 1 amide bonds. The molecule has 0 spiro atoms. The molecule has 3 aromatic rings. The first-order valence-electron chi connectivity index (χ1n) is 8.32. The Kier molecular flexibility index (Phi) is 5.84. The second-order valence-corrected chi connectivity index (χ2v) is 7.37. The van der Waals surface area contributed by atoms with Crippen LogP contribution < -0.4 is 9.50 Å². The van der Waals surface area contributed by atoms with Gasteiger partial charge in [-0.1, -0.05) is 12.1 Å². The first-order valence-corrected chi connectivity index (χ1v) is 9.73. The second kappa shape index (κ2) is 8.48. The van der Waals surface area contributed by atoms with Crippen molar-refractivity contribution in [1.29, 1.82) is 0 Å². The van der Waals surface area contributed by atoms with Gasteiger partial charge in [0.1, 0.15) is 10.6 Å². The average Bonchev–Trinajstić information content (AvgIpc) is 2.73. The summed E-state index contributed by atoms with van der Waals surface area (Å²) in [5, 5.41) is 13.5. The van der Waals surface area contributed by atoms with Crippen LogP contribution >= 0.6 is 0 Å². The standard InChI is InChI=1S/C19H15N3O6S/c23-19(21-13-15-4-1-2-11-20-15)14-7-9-17(10-8-14)28-29(26,27)18-6-3-5-16(12-18)22(24)25/h1-12H,13H2,(H,21,23). The normalized spacial score (nSPS) is 10.9. The maximum absolute atomic E-state index is 12.3. The van der Waals surface area contributed by atoms with Gasteiger partial charge in [0.15, 0.2) is 0 Å². The number of benzene rings is 2. The highest BCUT2D eigenvalue weighted by molar-refractivity contribution is 7.87. The Labute approximate surface area is 166 Å². The van der Waals surface area contributed by atoms with Crippen LogP contribution in [0.5, 0.6) is 5.75 Å². The highest BCUT2D eigenvalue weighted by Crippen LogP contribution is 2.22. The summed E-state index contributed by atoms with van der Waals surface area (Å²) in [4.78, 5) is 26.0. The molecule has 0 saturated heterocycles. The molecule has 0 aliphatic carbocycles. The van der Waals surface area contributed by atoms with Crippen molar-refractivity contribution in [2.75, 3.05) is 0 Å². The lowest BCUT2D eigenvalue weighted by atomic mass is 10.2. The number of nitro groups is 1. The van der Waals surface area contributed by atoms with Crippen molar-refractivity contribution in [1.82, 2.24) is 10.3 Å². The van der Waals surface area contributed by atoms with Gasteiger partial charge in [0, 0.05) is 23.9 Å². The summed E-state index contributed by atoms with van der Waals surface area (Å²) in [6.45, 7) is 0.249. The minimum Gasteiger partial charge on any atom is -0.379 e. The average molecular weight is 413 g/mol. The van der Waals surface area contributed by atoms with E-state index >= 15 is 0 Å². The van der Waals surface area contributed by atoms with Crippen LogP contribution in [-0.4, -0.2) is 24.2 Å². The van der Waals surface area contributed by atoms with E-state index in [-0.39, 0.29) is 28.8 Å². The van der Waals surface area contributed by atoms with Crippen LogP contribution in [0.2, 0.25) is 0 Å². The quantitative estimate of drug-likeness (QED) is 0.358. The summed E-state index contributed by atoms with van der Waals surface area (Å²) < 4.78 is 29.6. The van der Waals surface area contributed by atoms with Gasteiger partial charge in [-0.15, -0.1) is 0 Å². The molecule has 0 saturated carbocycles. The molecule has 0 radical (unpaired) electrons. The van der Waals surface area contributed by atoms with Crippen LogP contribution in [0.1, 0.15) is 16.1 Å². The van der Waals surface area contributed by atoms with Gasteiger partial charge in [-0.2, -0.15) is 8.42 Å². The Morgan fingerprint density at radius 3 is 2.48 bits per heavy atom. The second-order valence-electron chi connectivity index (χ2n) is 5.82. The molecule has 0 fully saturated rings. The van der Waals surface area contributed by atoms with Gasteiger partial charge in [-0.3, -0.25) is 19.9 Å². The lowest BCUT2D eigenvalue weighted by Crippen LogP contribution is -2.23. The van der Waals surface area contributed by atoms with Crippen molar-refractivity contribution in [3.8, 4) is 5.75 Å². The molecule has 1 N–H and O–H groups in total. The monoisotopic (exact) mass is 413 g/mol. The summed E-state index contributed by atoms with van der Waals surface area (Å²) in [5.41, 5.74) is 0.638. The number of hydrogen-bond acceptors (Lipinski definition) is 7. The molecule has 0 unspecified atom stereocenters. The molecule has 0 atom stereocenters. The summed E-state index contributed by atoms with van der Waals surface area (Å²) in [6, 6.07) is 15.4. The van der Waals surface area contributed by atoms with Crippen molar-refractivity contribution >= 4 is 21.7 Å². The van der Waals surface area contributed by atoms with Crippen molar-refractivity contribution in [3.05, 3.63) is 94.3 Å². The Hall–Kier alpha value is -3.79. The van der Waals surface area contributed by atoms with Gasteiger partial charge in [0.25, 0.3) is 11.6 Å². The minimum absolute atomic E-state index is 0.0298. The minimum atomic E-state index is -4.26. The van der Waals surface area contributed by atoms with E-state index in [0.29, 0.717) is 11.3 Å². The number of carbonyl (C=O) groups excluding carboxylic acids is 1. The van der Waals surface area contributed by atoms with Crippen molar-refractivity contribution in [2.24, 2.45) is 0 Å². The van der Waals surface area contributed by atoms with Crippen molar-refractivity contribution in [2.45, 2.75) is 11.4 Å². The fourth-order valence-corrected chi connectivity index (χ4v) is 3.34. The topological polar surface area (TPSA) is 128 Å². The number of carbonyl (C=O) groups is 1. The number of aromatic nitrogens is 1. The van der Waals surface area contributed by atoms with E-state index in [4.69, 9.17) is 4.18 Å². The maximum Gasteiger partial charge on any atom is 0.339 e. The molecular weight excluding hydrogens is 398 g/mol. The van der Waals surface area contributed by atoms with Crippen LogP contribution in [0, 0.1) is 10.1 Å². The molecule has 29 heavy (non-hydrogen) atoms. The number of nitrogens with one attached hydrogen (secondary N) is 1. The predicted molar refractivity (Wildman–Crippen MR) is 103 cm³/mol. The van der Waals surface area contributed by atoms with E-state index in [2.05, 4.69) is 10.3 Å². The van der Waals surface area contributed by atoms with Crippen LogP contribution in [0.4, 0.5) is 5.69 Å². The number of amides is 1. The fourth-order valence-electron chi connectivity index (χ4n) is 2.36. The van der Waals surface area contributed by atoms with Gasteiger partial charge >= 0.3 is 10.1 Å². The molecule has 10 heteroatoms. The van der Waals surface area contributed by atoms with Gasteiger partial charge in [0.2, 0.25) is 0 Å². The van der Waals surface area contributed by atoms with E-state index in [1.807, 2.05) is 6.07 Å². The number of pyridine rings is 1. The Morgan fingerprint density at radius 2 is 1.83 bits per heavy atom.